The SMILES string of the molecule is CC(=O)N[C@H]1C([C@H](O)[C@H](O)CO)OC(O)(C(=O)O)C[C@@H]1O. The molecular weight excluding hydrogens is 290 g/mol. The fourth-order valence-corrected chi connectivity index (χ4v) is 2.14. The molecule has 0 aromatic carbocycles. The largest absolute Gasteiger partial charge is 0.477 e. The Morgan fingerprint density at radius 3 is 2.43 bits per heavy atom. The number of carbonyl (C=O) groups excluding carboxylic acids is 1. The molecule has 0 radical (unpaired) electrons. The first-order chi connectivity index (χ1) is 9.62. The molecule has 0 bridgehead atoms. The third kappa shape index (κ3) is 3.87. The molecule has 0 spiro atoms. The van der Waals surface area contributed by atoms with E-state index in [1.165, 1.54) is 0 Å². The number of carboxylic acid groups (broad SMARTS) is 1. The van der Waals surface area contributed by atoms with E-state index in [9.17, 15) is 30.0 Å². The van der Waals surface area contributed by atoms with E-state index in [1.807, 2.05) is 0 Å². The zero-order chi connectivity index (χ0) is 16.4. The zero-order valence-corrected chi connectivity index (χ0v) is 11.2. The van der Waals surface area contributed by atoms with Crippen LogP contribution in [0.4, 0.5) is 0 Å². The van der Waals surface area contributed by atoms with Gasteiger partial charge in [0, 0.05) is 13.3 Å². The molecule has 1 rings (SSSR count). The highest BCUT2D eigenvalue weighted by atomic mass is 16.7. The predicted molar refractivity (Wildman–Crippen MR) is 64.8 cm³/mol. The van der Waals surface area contributed by atoms with Gasteiger partial charge in [0.15, 0.2) is 0 Å². The number of hydrogen-bond donors (Lipinski definition) is 7. The van der Waals surface area contributed by atoms with Gasteiger partial charge in [-0.1, -0.05) is 0 Å². The Hall–Kier alpha value is -1.30. The third-order valence-electron chi connectivity index (χ3n) is 3.21. The third-order valence-corrected chi connectivity index (χ3v) is 3.21. The van der Waals surface area contributed by atoms with Gasteiger partial charge in [-0.05, 0) is 0 Å². The predicted octanol–water partition coefficient (Wildman–Crippen LogP) is -3.87. The van der Waals surface area contributed by atoms with Crippen molar-refractivity contribution in [2.24, 2.45) is 0 Å². The number of hydrogen-bond acceptors (Lipinski definition) is 8. The first-order valence-electron chi connectivity index (χ1n) is 6.18. The van der Waals surface area contributed by atoms with Crippen LogP contribution in [-0.2, 0) is 14.3 Å². The summed E-state index contributed by atoms with van der Waals surface area (Å²) in [6.45, 7) is 0.256. The number of carboxylic acids is 1. The summed E-state index contributed by atoms with van der Waals surface area (Å²) in [5.74, 6) is -5.17. The second kappa shape index (κ2) is 6.64. The van der Waals surface area contributed by atoms with E-state index in [-0.39, 0.29) is 0 Å². The van der Waals surface area contributed by atoms with E-state index in [0.29, 0.717) is 0 Å². The molecule has 2 unspecified atom stereocenters. The summed E-state index contributed by atoms with van der Waals surface area (Å²) in [6.07, 6.45) is -7.48. The molecule has 10 nitrogen and oxygen atoms in total. The lowest BCUT2D eigenvalue weighted by molar-refractivity contribution is -0.295. The average molecular weight is 309 g/mol. The number of rotatable bonds is 5. The van der Waals surface area contributed by atoms with E-state index in [2.05, 4.69) is 5.32 Å². The Balaban J connectivity index is 3.07. The van der Waals surface area contributed by atoms with Gasteiger partial charge in [-0.3, -0.25) is 4.79 Å². The molecule has 122 valence electrons. The highest BCUT2D eigenvalue weighted by Gasteiger charge is 2.53. The first kappa shape index (κ1) is 17.8. The summed E-state index contributed by atoms with van der Waals surface area (Å²) in [7, 11) is 0. The van der Waals surface area contributed by atoms with Crippen molar-refractivity contribution < 1.29 is 45.0 Å². The van der Waals surface area contributed by atoms with Crippen LogP contribution < -0.4 is 5.32 Å². The van der Waals surface area contributed by atoms with Crippen molar-refractivity contribution in [1.82, 2.24) is 5.32 Å². The van der Waals surface area contributed by atoms with Crippen LogP contribution in [0.25, 0.3) is 0 Å². The molecule has 1 aliphatic rings. The number of aliphatic hydroxyl groups excluding tert-OH is 4. The van der Waals surface area contributed by atoms with Crippen LogP contribution in [0.15, 0.2) is 0 Å². The summed E-state index contributed by atoms with van der Waals surface area (Å²) < 4.78 is 4.86. The molecule has 7 N–H and O–H groups in total. The first-order valence-corrected chi connectivity index (χ1v) is 6.18. The molecule has 0 saturated carbocycles. The minimum absolute atomic E-state index is 0.598. The van der Waals surface area contributed by atoms with Crippen LogP contribution in [-0.4, -0.2) is 85.4 Å². The van der Waals surface area contributed by atoms with Crippen LogP contribution >= 0.6 is 0 Å². The van der Waals surface area contributed by atoms with Gasteiger partial charge in [0.05, 0.1) is 18.8 Å². The summed E-state index contributed by atoms with van der Waals surface area (Å²) in [4.78, 5) is 22.1. The fraction of sp³-hybridized carbons (Fsp3) is 0.818. The van der Waals surface area contributed by atoms with Crippen molar-refractivity contribution in [2.75, 3.05) is 6.61 Å². The highest BCUT2D eigenvalue weighted by Crippen LogP contribution is 2.30. The maximum absolute atomic E-state index is 11.1. The lowest BCUT2D eigenvalue weighted by Gasteiger charge is -2.44. The summed E-state index contributed by atoms with van der Waals surface area (Å²) in [5.41, 5.74) is 0. The molecule has 1 aliphatic heterocycles. The van der Waals surface area contributed by atoms with Gasteiger partial charge in [0.2, 0.25) is 5.91 Å². The number of aliphatic hydroxyl groups is 5. The van der Waals surface area contributed by atoms with Crippen LogP contribution in [0.5, 0.6) is 0 Å². The minimum atomic E-state index is -2.78. The van der Waals surface area contributed by atoms with Crippen LogP contribution in [0.1, 0.15) is 13.3 Å². The number of amides is 1. The molecule has 6 atom stereocenters. The lowest BCUT2D eigenvalue weighted by Crippen LogP contribution is -2.67. The van der Waals surface area contributed by atoms with Gasteiger partial charge < -0.3 is 40.7 Å². The van der Waals surface area contributed by atoms with Gasteiger partial charge in [-0.15, -0.1) is 0 Å². The van der Waals surface area contributed by atoms with Crippen LogP contribution in [0.3, 0.4) is 0 Å². The van der Waals surface area contributed by atoms with E-state index in [4.69, 9.17) is 14.9 Å². The van der Waals surface area contributed by atoms with Gasteiger partial charge >= 0.3 is 5.97 Å². The van der Waals surface area contributed by atoms with E-state index in [1.54, 1.807) is 0 Å². The van der Waals surface area contributed by atoms with Gasteiger partial charge in [0.1, 0.15) is 18.3 Å². The van der Waals surface area contributed by atoms with E-state index >= 15 is 0 Å². The van der Waals surface area contributed by atoms with E-state index < -0.39 is 61.1 Å². The summed E-state index contributed by atoms with van der Waals surface area (Å²) in [6, 6.07) is -1.27. The molecular formula is C11H19NO9. The Bertz CT molecular complexity index is 403. The van der Waals surface area contributed by atoms with Crippen molar-refractivity contribution in [3.05, 3.63) is 0 Å². The van der Waals surface area contributed by atoms with Crippen molar-refractivity contribution in [3.63, 3.8) is 0 Å². The zero-order valence-electron chi connectivity index (χ0n) is 11.2. The average Bonchev–Trinajstić information content (AvgIpc) is 2.39. The smallest absolute Gasteiger partial charge is 0.364 e. The Morgan fingerprint density at radius 1 is 1.43 bits per heavy atom. The monoisotopic (exact) mass is 309 g/mol. The number of carbonyl (C=O) groups is 2. The van der Waals surface area contributed by atoms with Gasteiger partial charge in [-0.2, -0.15) is 0 Å². The van der Waals surface area contributed by atoms with Crippen LogP contribution in [0.2, 0.25) is 0 Å². The quantitative estimate of drug-likeness (QED) is 0.268. The Morgan fingerprint density at radius 2 is 2.00 bits per heavy atom. The molecule has 1 amide bonds. The minimum Gasteiger partial charge on any atom is -0.477 e. The Kier molecular flexibility index (Phi) is 5.61. The van der Waals surface area contributed by atoms with Gasteiger partial charge in [-0.25, -0.2) is 4.79 Å². The maximum Gasteiger partial charge on any atom is 0.364 e. The van der Waals surface area contributed by atoms with Crippen molar-refractivity contribution >= 4 is 11.9 Å². The number of aliphatic carboxylic acids is 1. The molecule has 1 heterocycles. The second-order valence-electron chi connectivity index (χ2n) is 4.91. The standard InChI is InChI=1S/C11H19NO9/c1-4(14)12-7-5(15)2-11(20,10(18)19)21-9(7)8(17)6(16)3-13/h5-9,13,15-17,20H,2-3H2,1H3,(H,12,14)(H,18,19)/t5-,6+,7+,8+,9?,11?/m0/s1. The van der Waals surface area contributed by atoms with Crippen molar-refractivity contribution in [1.29, 1.82) is 0 Å². The molecule has 0 aromatic heterocycles. The molecule has 0 aliphatic carbocycles. The maximum atomic E-state index is 11.1. The molecule has 0 aromatic rings. The van der Waals surface area contributed by atoms with E-state index in [0.717, 1.165) is 6.92 Å². The highest BCUT2D eigenvalue weighted by molar-refractivity contribution is 5.76. The molecule has 10 heteroatoms. The fourth-order valence-electron chi connectivity index (χ4n) is 2.14. The van der Waals surface area contributed by atoms with Crippen LogP contribution in [0, 0.1) is 0 Å². The number of nitrogens with one attached hydrogen (secondary N) is 1. The van der Waals surface area contributed by atoms with Crippen molar-refractivity contribution in [3.8, 4) is 0 Å². The molecule has 1 fully saturated rings. The normalized spacial score (nSPS) is 35.8. The Labute approximate surface area is 119 Å². The van der Waals surface area contributed by atoms with Gasteiger partial charge in [0.25, 0.3) is 5.79 Å². The topological polar surface area (TPSA) is 177 Å². The lowest BCUT2D eigenvalue weighted by atomic mass is 9.88. The molecule has 1 saturated heterocycles. The summed E-state index contributed by atoms with van der Waals surface area (Å²) >= 11 is 0. The molecule has 21 heavy (non-hydrogen) atoms. The number of ether oxygens (including phenoxy) is 1. The second-order valence-corrected chi connectivity index (χ2v) is 4.91. The van der Waals surface area contributed by atoms with Crippen molar-refractivity contribution in [2.45, 2.75) is 49.6 Å². The summed E-state index contributed by atoms with van der Waals surface area (Å²) in [5, 5.41) is 59.0.